The lowest BCUT2D eigenvalue weighted by Crippen LogP contribution is -2.23. The highest BCUT2D eigenvalue weighted by atomic mass is 32.2. The van der Waals surface area contributed by atoms with Gasteiger partial charge in [-0.05, 0) is 64.9 Å². The number of aliphatic imine (C=N–C) groups is 1. The zero-order chi connectivity index (χ0) is 20.8. The molecule has 152 valence electrons. The lowest BCUT2D eigenvalue weighted by atomic mass is 10.1. The second-order valence-electron chi connectivity index (χ2n) is 6.39. The molecule has 2 aromatic carbocycles. The molecule has 6 nitrogen and oxygen atoms in total. The van der Waals surface area contributed by atoms with Crippen molar-refractivity contribution < 1.29 is 4.39 Å². The number of nitrogens with zero attached hydrogens (tertiary/aromatic N) is 5. The molecular formula is C20H22FN5OS2. The normalized spacial score (nSPS) is 11.8. The number of aryl methyl sites for hydroxylation is 2. The molecule has 0 aliphatic rings. The van der Waals surface area contributed by atoms with Crippen molar-refractivity contribution in [2.45, 2.75) is 19.1 Å². The van der Waals surface area contributed by atoms with E-state index in [1.54, 1.807) is 42.7 Å². The third-order valence-electron chi connectivity index (χ3n) is 4.40. The first-order valence-corrected chi connectivity index (χ1v) is 11.2. The summed E-state index contributed by atoms with van der Waals surface area (Å²) in [7, 11) is 1.58. The fourth-order valence-electron chi connectivity index (χ4n) is 2.77. The third kappa shape index (κ3) is 5.36. The van der Waals surface area contributed by atoms with E-state index in [4.69, 9.17) is 0 Å². The molecule has 0 amide bonds. The Bertz CT molecular complexity index is 1060. The molecule has 0 bridgehead atoms. The van der Waals surface area contributed by atoms with Crippen LogP contribution in [0.1, 0.15) is 16.7 Å². The maximum atomic E-state index is 13.0. The van der Waals surface area contributed by atoms with Crippen LogP contribution in [-0.4, -0.2) is 37.0 Å². The van der Waals surface area contributed by atoms with Crippen LogP contribution in [-0.2, 0) is 19.2 Å². The van der Waals surface area contributed by atoms with Gasteiger partial charge in [0.25, 0.3) is 0 Å². The fraction of sp³-hybridized carbons (Fsp3) is 0.300. The van der Waals surface area contributed by atoms with Gasteiger partial charge in [-0.25, -0.2) is 9.18 Å². The molecule has 0 spiro atoms. The summed E-state index contributed by atoms with van der Waals surface area (Å²) in [5, 5.41) is 7.78. The molecule has 0 saturated carbocycles. The van der Waals surface area contributed by atoms with Crippen molar-refractivity contribution in [3.63, 3.8) is 0 Å². The van der Waals surface area contributed by atoms with Crippen molar-refractivity contribution in [2.75, 3.05) is 12.8 Å². The summed E-state index contributed by atoms with van der Waals surface area (Å²) in [5.41, 5.74) is 3.63. The smallest absolute Gasteiger partial charge is 0.271 e. The van der Waals surface area contributed by atoms with Gasteiger partial charge >= 0.3 is 5.69 Å². The Hall–Kier alpha value is -2.39. The molecule has 0 saturated heterocycles. The Balaban J connectivity index is 1.71. The summed E-state index contributed by atoms with van der Waals surface area (Å²) in [6, 6.07) is 12.3. The molecule has 3 aromatic rings. The Morgan fingerprint density at radius 1 is 1.17 bits per heavy atom. The van der Waals surface area contributed by atoms with E-state index in [0.717, 1.165) is 33.2 Å². The van der Waals surface area contributed by atoms with Crippen LogP contribution in [0.15, 0.2) is 52.3 Å². The molecule has 9 heteroatoms. The van der Waals surface area contributed by atoms with Crippen LogP contribution < -0.4 is 5.69 Å². The van der Waals surface area contributed by atoms with E-state index in [-0.39, 0.29) is 11.5 Å². The SMILES string of the molecule is CS/C(=N\CCc1ccc(F)cc1)SCc1c(C)cccc1-n1nnn(C)c1=O. The number of hydrogen-bond acceptors (Lipinski definition) is 6. The van der Waals surface area contributed by atoms with E-state index >= 15 is 0 Å². The second kappa shape index (κ2) is 9.89. The summed E-state index contributed by atoms with van der Waals surface area (Å²) < 4.78 is 16.5. The summed E-state index contributed by atoms with van der Waals surface area (Å²) >= 11 is 3.22. The molecule has 0 N–H and O–H groups in total. The fourth-order valence-corrected chi connectivity index (χ4v) is 4.46. The van der Waals surface area contributed by atoms with Crippen molar-refractivity contribution in [1.82, 2.24) is 19.8 Å². The Labute approximate surface area is 177 Å². The molecule has 0 aliphatic heterocycles. The van der Waals surface area contributed by atoms with Crippen molar-refractivity contribution in [3.8, 4) is 5.69 Å². The number of halogens is 1. The summed E-state index contributed by atoms with van der Waals surface area (Å²) in [6.07, 6.45) is 2.76. The minimum atomic E-state index is -0.278. The van der Waals surface area contributed by atoms with Gasteiger partial charge in [0.2, 0.25) is 0 Å². The van der Waals surface area contributed by atoms with Gasteiger partial charge in [0.1, 0.15) is 10.2 Å². The van der Waals surface area contributed by atoms with Gasteiger partial charge in [0.05, 0.1) is 5.69 Å². The number of hydrogen-bond donors (Lipinski definition) is 0. The number of tetrazole rings is 1. The topological polar surface area (TPSA) is 65.1 Å². The zero-order valence-electron chi connectivity index (χ0n) is 16.5. The van der Waals surface area contributed by atoms with E-state index in [9.17, 15) is 9.18 Å². The van der Waals surface area contributed by atoms with Crippen molar-refractivity contribution in [3.05, 3.63) is 75.5 Å². The molecule has 3 rings (SSSR count). The average molecular weight is 432 g/mol. The highest BCUT2D eigenvalue weighted by molar-refractivity contribution is 8.38. The second-order valence-corrected chi connectivity index (χ2v) is 8.40. The highest BCUT2D eigenvalue weighted by Gasteiger charge is 2.14. The van der Waals surface area contributed by atoms with E-state index in [2.05, 4.69) is 15.4 Å². The monoisotopic (exact) mass is 431 g/mol. The molecule has 1 heterocycles. The standard InChI is InChI=1S/C20H22FN5OS2/c1-14-5-4-6-18(26-20(27)25(2)23-24-26)17(14)13-29-19(28-3)22-12-11-15-7-9-16(21)10-8-15/h4-10H,11-13H2,1-3H3/b22-19+. The minimum absolute atomic E-state index is 0.228. The molecule has 0 aliphatic carbocycles. The van der Waals surface area contributed by atoms with Crippen LogP contribution in [0, 0.1) is 12.7 Å². The van der Waals surface area contributed by atoms with Gasteiger partial charge in [-0.1, -0.05) is 36.0 Å². The predicted octanol–water partition coefficient (Wildman–Crippen LogP) is 3.61. The van der Waals surface area contributed by atoms with Gasteiger partial charge in [0, 0.05) is 19.3 Å². The van der Waals surface area contributed by atoms with E-state index in [1.807, 2.05) is 31.4 Å². The number of thioether (sulfide) groups is 2. The van der Waals surface area contributed by atoms with Gasteiger partial charge in [-0.15, -0.1) is 11.8 Å². The number of aromatic nitrogens is 4. The van der Waals surface area contributed by atoms with Crippen molar-refractivity contribution in [1.29, 1.82) is 0 Å². The predicted molar refractivity (Wildman–Crippen MR) is 119 cm³/mol. The Morgan fingerprint density at radius 3 is 2.59 bits per heavy atom. The lowest BCUT2D eigenvalue weighted by molar-refractivity contribution is 0.627. The van der Waals surface area contributed by atoms with Crippen LogP contribution in [0.4, 0.5) is 4.39 Å². The Kier molecular flexibility index (Phi) is 7.27. The van der Waals surface area contributed by atoms with Gasteiger partial charge in [0.15, 0.2) is 0 Å². The largest absolute Gasteiger partial charge is 0.368 e. The first kappa shape index (κ1) is 21.3. The molecule has 0 radical (unpaired) electrons. The highest BCUT2D eigenvalue weighted by Crippen LogP contribution is 2.26. The van der Waals surface area contributed by atoms with Crippen LogP contribution in [0.2, 0.25) is 0 Å². The van der Waals surface area contributed by atoms with E-state index in [1.165, 1.54) is 21.5 Å². The van der Waals surface area contributed by atoms with Crippen molar-refractivity contribution in [2.24, 2.45) is 12.0 Å². The molecule has 1 aromatic heterocycles. The minimum Gasteiger partial charge on any atom is -0.271 e. The molecule has 29 heavy (non-hydrogen) atoms. The number of benzene rings is 2. The van der Waals surface area contributed by atoms with E-state index in [0.29, 0.717) is 12.3 Å². The van der Waals surface area contributed by atoms with Crippen LogP contribution in [0.5, 0.6) is 0 Å². The lowest BCUT2D eigenvalue weighted by Gasteiger charge is -2.11. The average Bonchev–Trinajstić information content (AvgIpc) is 3.05. The maximum Gasteiger partial charge on any atom is 0.368 e. The third-order valence-corrected chi connectivity index (χ3v) is 6.55. The summed E-state index contributed by atoms with van der Waals surface area (Å²) in [6.45, 7) is 2.66. The summed E-state index contributed by atoms with van der Waals surface area (Å²) in [5.74, 6) is 0.440. The zero-order valence-corrected chi connectivity index (χ0v) is 18.1. The van der Waals surface area contributed by atoms with Crippen LogP contribution in [0.25, 0.3) is 5.69 Å². The van der Waals surface area contributed by atoms with Crippen LogP contribution in [0.3, 0.4) is 0 Å². The summed E-state index contributed by atoms with van der Waals surface area (Å²) in [4.78, 5) is 16.9. The molecular weight excluding hydrogens is 409 g/mol. The maximum absolute atomic E-state index is 13.0. The first-order valence-electron chi connectivity index (χ1n) is 9.03. The van der Waals surface area contributed by atoms with Gasteiger partial charge in [-0.3, -0.25) is 4.99 Å². The molecule has 0 fully saturated rings. The molecule has 0 atom stereocenters. The van der Waals surface area contributed by atoms with Gasteiger partial charge in [-0.2, -0.15) is 9.36 Å². The quantitative estimate of drug-likeness (QED) is 0.441. The first-order chi connectivity index (χ1) is 14.0. The van der Waals surface area contributed by atoms with Gasteiger partial charge < -0.3 is 0 Å². The Morgan fingerprint density at radius 2 is 1.93 bits per heavy atom. The van der Waals surface area contributed by atoms with E-state index < -0.39 is 0 Å². The van der Waals surface area contributed by atoms with Crippen LogP contribution >= 0.6 is 23.5 Å². The van der Waals surface area contributed by atoms with Crippen molar-refractivity contribution >= 4 is 27.9 Å². The molecule has 0 unspecified atom stereocenters. The number of rotatable bonds is 6.